The molecule has 2 amide bonds. The summed E-state index contributed by atoms with van der Waals surface area (Å²) >= 11 is 0. The van der Waals surface area contributed by atoms with Gasteiger partial charge in [0.2, 0.25) is 11.8 Å². The first kappa shape index (κ1) is 59.0. The zero-order chi connectivity index (χ0) is 46.8. The van der Waals surface area contributed by atoms with E-state index in [1.54, 1.807) is 0 Å². The Kier molecular flexibility index (Phi) is 43.7. The second kappa shape index (κ2) is 47.5. The van der Waals surface area contributed by atoms with Crippen LogP contribution in [0, 0.1) is 0 Å². The number of carbonyl (C=O) groups excluding carboxylic acids is 3. The van der Waals surface area contributed by atoms with Gasteiger partial charge in [-0.1, -0.05) is 167 Å². The van der Waals surface area contributed by atoms with Gasteiger partial charge in [0.25, 0.3) is 0 Å². The van der Waals surface area contributed by atoms with E-state index in [-0.39, 0.29) is 30.9 Å². The lowest BCUT2D eigenvalue weighted by Gasteiger charge is -2.17. The predicted octanol–water partition coefficient (Wildman–Crippen LogP) is 12.7. The first-order valence-corrected chi connectivity index (χ1v) is 24.1. The Balaban J connectivity index is 4.52. The van der Waals surface area contributed by atoms with E-state index >= 15 is 0 Å². The number of ether oxygens (including phenoxy) is 1. The number of nitrogens with one attached hydrogen (secondary N) is 2. The van der Waals surface area contributed by atoms with Crippen molar-refractivity contribution >= 4 is 23.8 Å². The molecule has 0 radical (unpaired) electrons. The number of amides is 2. The fourth-order valence-corrected chi connectivity index (χ4v) is 6.05. The van der Waals surface area contributed by atoms with Crippen LogP contribution < -0.4 is 10.6 Å². The quantitative estimate of drug-likeness (QED) is 0.0272. The van der Waals surface area contributed by atoms with Gasteiger partial charge >= 0.3 is 11.9 Å². The van der Waals surface area contributed by atoms with Crippen molar-refractivity contribution in [1.82, 2.24) is 10.6 Å². The van der Waals surface area contributed by atoms with E-state index in [4.69, 9.17) is 14.9 Å². The molecule has 4 N–H and O–H groups in total. The summed E-state index contributed by atoms with van der Waals surface area (Å²) in [5.41, 5.74) is 0. The molecule has 0 aliphatic heterocycles. The number of carboxylic acid groups (broad SMARTS) is 1. The molecule has 9 heteroatoms. The molecule has 0 saturated heterocycles. The lowest BCUT2D eigenvalue weighted by molar-refractivity contribution is -0.150. The predicted molar refractivity (Wildman–Crippen MR) is 268 cm³/mol. The molecule has 64 heavy (non-hydrogen) atoms. The zero-order valence-corrected chi connectivity index (χ0v) is 39.5. The standard InChI is InChI=1S/C55H84N2O7/c1-3-5-7-9-11-13-15-17-18-19-20-21-22-23-24-25-26-28-30-32-34-39-43-47-54(61)64-50(44-40-36-33-31-29-27-16-14-12-10-8-6-4-2)45-41-37-35-38-42-46-52(59)56-48-53(60)57-51(49-58)55(62)63/h5-8,11-14,17-18,20-21,23-24,26-29,32-34,36,50-51,58H,3-4,9-10,15-16,19,22,25,30-31,35,37-49H2,1-2H3,(H,56,59)(H,57,60)(H,62,63)/b7-5-,8-6-,13-11-,14-12-,18-17-,21-20-,24-23-,28-26-,29-27-,34-32-,36-33-. The largest absolute Gasteiger partial charge is 0.480 e. The molecule has 356 valence electrons. The Morgan fingerprint density at radius 1 is 0.469 bits per heavy atom. The molecule has 2 unspecified atom stereocenters. The summed E-state index contributed by atoms with van der Waals surface area (Å²) in [6.07, 6.45) is 67.7. The van der Waals surface area contributed by atoms with Crippen LogP contribution >= 0.6 is 0 Å². The minimum atomic E-state index is -1.40. The molecular weight excluding hydrogens is 801 g/mol. The van der Waals surface area contributed by atoms with Gasteiger partial charge in [0.1, 0.15) is 12.1 Å². The van der Waals surface area contributed by atoms with Crippen molar-refractivity contribution in [3.63, 3.8) is 0 Å². The van der Waals surface area contributed by atoms with Gasteiger partial charge < -0.3 is 25.6 Å². The molecule has 0 aliphatic rings. The van der Waals surface area contributed by atoms with E-state index in [0.717, 1.165) is 128 Å². The molecular formula is C55H84N2O7. The van der Waals surface area contributed by atoms with Gasteiger partial charge in [0.15, 0.2) is 0 Å². The second-order valence-corrected chi connectivity index (χ2v) is 15.4. The number of hydrogen-bond donors (Lipinski definition) is 4. The fourth-order valence-electron chi connectivity index (χ4n) is 6.05. The minimum absolute atomic E-state index is 0.133. The summed E-state index contributed by atoms with van der Waals surface area (Å²) in [5, 5.41) is 22.6. The number of aliphatic hydroxyl groups is 1. The van der Waals surface area contributed by atoms with Crippen LogP contribution in [-0.2, 0) is 23.9 Å². The molecule has 0 aromatic carbocycles. The third-order valence-electron chi connectivity index (χ3n) is 9.65. The van der Waals surface area contributed by atoms with Gasteiger partial charge in [0.05, 0.1) is 13.2 Å². The van der Waals surface area contributed by atoms with E-state index in [2.05, 4.69) is 158 Å². The Bertz CT molecular complexity index is 1530. The molecule has 9 nitrogen and oxygen atoms in total. The fraction of sp³-hybridized carbons (Fsp3) is 0.527. The van der Waals surface area contributed by atoms with Gasteiger partial charge in [-0.25, -0.2) is 4.79 Å². The highest BCUT2D eigenvalue weighted by molar-refractivity contribution is 5.87. The van der Waals surface area contributed by atoms with Gasteiger partial charge in [-0.3, -0.25) is 14.4 Å². The molecule has 0 rings (SSSR count). The molecule has 0 saturated carbocycles. The first-order valence-electron chi connectivity index (χ1n) is 24.1. The van der Waals surface area contributed by atoms with Crippen molar-refractivity contribution in [2.45, 2.75) is 174 Å². The second-order valence-electron chi connectivity index (χ2n) is 15.4. The van der Waals surface area contributed by atoms with Crippen molar-refractivity contribution < 1.29 is 34.1 Å². The number of carboxylic acids is 1. The number of aliphatic hydroxyl groups excluding tert-OH is 1. The number of allylic oxidation sites excluding steroid dienone is 22. The van der Waals surface area contributed by atoms with E-state index in [1.165, 1.54) is 0 Å². The van der Waals surface area contributed by atoms with Crippen LogP contribution in [0.1, 0.15) is 162 Å². The van der Waals surface area contributed by atoms with E-state index in [0.29, 0.717) is 12.8 Å². The lowest BCUT2D eigenvalue weighted by Crippen LogP contribution is -2.47. The Morgan fingerprint density at radius 3 is 1.31 bits per heavy atom. The topological polar surface area (TPSA) is 142 Å². The Labute approximate surface area is 387 Å². The summed E-state index contributed by atoms with van der Waals surface area (Å²) in [5.74, 6) is -2.44. The van der Waals surface area contributed by atoms with Gasteiger partial charge in [-0.15, -0.1) is 0 Å². The Hall–Kier alpha value is -5.02. The number of hydrogen-bond acceptors (Lipinski definition) is 6. The Morgan fingerprint density at radius 2 is 0.875 bits per heavy atom. The third kappa shape index (κ3) is 43.6. The molecule has 0 spiro atoms. The summed E-state index contributed by atoms with van der Waals surface area (Å²) in [4.78, 5) is 47.7. The van der Waals surface area contributed by atoms with E-state index in [1.807, 2.05) is 0 Å². The van der Waals surface area contributed by atoms with Gasteiger partial charge in [-0.05, 0) is 116 Å². The molecule has 0 aromatic heterocycles. The van der Waals surface area contributed by atoms with Crippen LogP contribution in [0.2, 0.25) is 0 Å². The van der Waals surface area contributed by atoms with Gasteiger partial charge in [-0.2, -0.15) is 0 Å². The average Bonchev–Trinajstić information content (AvgIpc) is 3.28. The molecule has 0 bridgehead atoms. The number of unbranched alkanes of at least 4 members (excludes halogenated alkanes) is 5. The maximum Gasteiger partial charge on any atom is 0.328 e. The van der Waals surface area contributed by atoms with Crippen LogP contribution in [0.15, 0.2) is 134 Å². The molecule has 2 atom stereocenters. The van der Waals surface area contributed by atoms with E-state index in [9.17, 15) is 19.2 Å². The zero-order valence-electron chi connectivity index (χ0n) is 39.5. The van der Waals surface area contributed by atoms with Crippen molar-refractivity contribution in [3.05, 3.63) is 134 Å². The molecule has 0 aromatic rings. The van der Waals surface area contributed by atoms with Crippen molar-refractivity contribution in [3.8, 4) is 0 Å². The smallest absolute Gasteiger partial charge is 0.328 e. The number of rotatable bonds is 41. The SMILES string of the molecule is CC/C=C\C/C=C\C/C=C\C/C=C\C/C=C\C/C=C\C/C=C\CCCC(=O)OC(CC/C=C\C/C=C\C/C=C\C/C=C\CC)CCCCCCCC(=O)NCC(=O)NC(CO)C(=O)O. The minimum Gasteiger partial charge on any atom is -0.480 e. The molecule has 0 aliphatic carbocycles. The van der Waals surface area contributed by atoms with Crippen molar-refractivity contribution in [1.29, 1.82) is 0 Å². The van der Waals surface area contributed by atoms with Crippen molar-refractivity contribution in [2.24, 2.45) is 0 Å². The molecule has 0 heterocycles. The van der Waals surface area contributed by atoms with Gasteiger partial charge in [0, 0.05) is 12.8 Å². The number of esters is 1. The normalized spacial score (nSPS) is 13.7. The monoisotopic (exact) mass is 885 g/mol. The highest BCUT2D eigenvalue weighted by atomic mass is 16.5. The maximum atomic E-state index is 12.8. The highest BCUT2D eigenvalue weighted by Crippen LogP contribution is 2.16. The third-order valence-corrected chi connectivity index (χ3v) is 9.65. The van der Waals surface area contributed by atoms with Crippen molar-refractivity contribution in [2.75, 3.05) is 13.2 Å². The lowest BCUT2D eigenvalue weighted by atomic mass is 10.0. The number of aliphatic carboxylic acids is 1. The maximum absolute atomic E-state index is 12.8. The van der Waals surface area contributed by atoms with Crippen LogP contribution in [-0.4, -0.2) is 59.3 Å². The first-order chi connectivity index (χ1) is 31.3. The summed E-state index contributed by atoms with van der Waals surface area (Å²) < 4.78 is 5.97. The van der Waals surface area contributed by atoms with E-state index < -0.39 is 24.5 Å². The van der Waals surface area contributed by atoms with Crippen LogP contribution in [0.3, 0.4) is 0 Å². The summed E-state index contributed by atoms with van der Waals surface area (Å²) in [7, 11) is 0. The van der Waals surface area contributed by atoms with Crippen LogP contribution in [0.25, 0.3) is 0 Å². The van der Waals surface area contributed by atoms with Crippen LogP contribution in [0.5, 0.6) is 0 Å². The highest BCUT2D eigenvalue weighted by Gasteiger charge is 2.19. The molecule has 0 fully saturated rings. The number of carbonyl (C=O) groups is 4. The van der Waals surface area contributed by atoms with Crippen LogP contribution in [0.4, 0.5) is 0 Å². The summed E-state index contributed by atoms with van der Waals surface area (Å²) in [6, 6.07) is -1.40. The average molecular weight is 885 g/mol. The summed E-state index contributed by atoms with van der Waals surface area (Å²) in [6.45, 7) is 3.22.